The molecule has 0 N–H and O–H groups in total. The van der Waals surface area contributed by atoms with Crippen LogP contribution in [-0.4, -0.2) is 28.7 Å². The van der Waals surface area contributed by atoms with E-state index in [1.165, 1.54) is 0 Å². The molecule has 82 valence electrons. The van der Waals surface area contributed by atoms with Gasteiger partial charge in [-0.15, -0.1) is 0 Å². The average Bonchev–Trinajstić information content (AvgIpc) is 2.41. The van der Waals surface area contributed by atoms with Crippen LogP contribution in [-0.2, 0) is 9.59 Å². The van der Waals surface area contributed by atoms with Gasteiger partial charge < -0.3 is 4.90 Å². The molecule has 2 aliphatic rings. The lowest BCUT2D eigenvalue weighted by atomic mass is 9.97. The topological polar surface area (TPSA) is 37.4 Å². The van der Waals surface area contributed by atoms with Crippen molar-refractivity contribution in [1.29, 1.82) is 0 Å². The second kappa shape index (κ2) is 3.80. The molecular formula is C12H17NO2. The molecule has 1 saturated heterocycles. The molecule has 0 aromatic carbocycles. The Labute approximate surface area is 90.1 Å². The Bertz CT molecular complexity index is 333. The summed E-state index contributed by atoms with van der Waals surface area (Å²) in [4.78, 5) is 25.0. The Morgan fingerprint density at radius 2 is 2.00 bits per heavy atom. The molecule has 0 saturated carbocycles. The normalized spacial score (nSPS) is 29.7. The van der Waals surface area contributed by atoms with Gasteiger partial charge in [-0.05, 0) is 32.6 Å². The van der Waals surface area contributed by atoms with Gasteiger partial charge in [-0.3, -0.25) is 9.59 Å². The van der Waals surface area contributed by atoms with Crippen molar-refractivity contribution in [3.8, 4) is 0 Å². The van der Waals surface area contributed by atoms with E-state index >= 15 is 0 Å². The Kier molecular flexibility index (Phi) is 2.63. The number of carbonyl (C=O) groups is 2. The van der Waals surface area contributed by atoms with Gasteiger partial charge in [0.15, 0.2) is 5.78 Å². The molecule has 0 aromatic rings. The summed E-state index contributed by atoms with van der Waals surface area (Å²) in [7, 11) is 0. The average molecular weight is 207 g/mol. The number of carbonyl (C=O) groups excluding carboxylic acids is 2. The lowest BCUT2D eigenvalue weighted by Gasteiger charge is -2.28. The number of rotatable bonds is 1. The van der Waals surface area contributed by atoms with Gasteiger partial charge in [0.2, 0.25) is 5.91 Å². The van der Waals surface area contributed by atoms with Gasteiger partial charge in [0.25, 0.3) is 0 Å². The Morgan fingerprint density at radius 1 is 1.27 bits per heavy atom. The molecular weight excluding hydrogens is 190 g/mol. The fraction of sp³-hybridized carbons (Fsp3) is 0.667. The smallest absolute Gasteiger partial charge is 0.220 e. The van der Waals surface area contributed by atoms with Crippen molar-refractivity contribution in [3.05, 3.63) is 11.6 Å². The highest BCUT2D eigenvalue weighted by molar-refractivity contribution is 5.95. The fourth-order valence-corrected chi connectivity index (χ4v) is 2.89. The van der Waals surface area contributed by atoms with Crippen LogP contribution < -0.4 is 0 Å². The van der Waals surface area contributed by atoms with Crippen molar-refractivity contribution in [1.82, 2.24) is 4.90 Å². The zero-order chi connectivity index (χ0) is 11.0. The first-order valence-corrected chi connectivity index (χ1v) is 5.61. The van der Waals surface area contributed by atoms with Crippen molar-refractivity contribution in [2.45, 2.75) is 51.6 Å². The molecule has 0 radical (unpaired) electrons. The standard InChI is InChI=1S/C12H17NO2/c1-8(14)11-5-3-4-10-6-7-12(11)13(10)9(2)15/h5,10,12H,3-4,6-7H2,1-2H3. The van der Waals surface area contributed by atoms with Crippen molar-refractivity contribution in [3.63, 3.8) is 0 Å². The summed E-state index contributed by atoms with van der Waals surface area (Å²) in [5.41, 5.74) is 0.852. The number of amides is 1. The number of nitrogens with zero attached hydrogens (tertiary/aromatic N) is 1. The lowest BCUT2D eigenvalue weighted by Crippen LogP contribution is -2.40. The maximum Gasteiger partial charge on any atom is 0.220 e. The van der Waals surface area contributed by atoms with E-state index in [0.29, 0.717) is 6.04 Å². The molecule has 0 aromatic heterocycles. The minimum atomic E-state index is 0.0625. The van der Waals surface area contributed by atoms with E-state index in [0.717, 1.165) is 31.3 Å². The van der Waals surface area contributed by atoms with Crippen LogP contribution in [0.4, 0.5) is 0 Å². The highest BCUT2D eigenvalue weighted by Gasteiger charge is 2.39. The minimum Gasteiger partial charge on any atom is -0.333 e. The molecule has 2 heterocycles. The molecule has 1 fully saturated rings. The molecule has 3 nitrogen and oxygen atoms in total. The second-order valence-corrected chi connectivity index (χ2v) is 4.47. The van der Waals surface area contributed by atoms with Crippen molar-refractivity contribution in [2.24, 2.45) is 0 Å². The lowest BCUT2D eigenvalue weighted by molar-refractivity contribution is -0.131. The third-order valence-electron chi connectivity index (χ3n) is 3.50. The molecule has 3 heteroatoms. The molecule has 0 aliphatic carbocycles. The van der Waals surface area contributed by atoms with Gasteiger partial charge in [-0.2, -0.15) is 0 Å². The summed E-state index contributed by atoms with van der Waals surface area (Å²) >= 11 is 0. The van der Waals surface area contributed by atoms with Gasteiger partial charge in [0.05, 0.1) is 6.04 Å². The summed E-state index contributed by atoms with van der Waals surface area (Å²) in [5.74, 6) is 0.227. The van der Waals surface area contributed by atoms with Crippen LogP contribution >= 0.6 is 0 Å². The zero-order valence-corrected chi connectivity index (χ0v) is 9.32. The van der Waals surface area contributed by atoms with Crippen molar-refractivity contribution < 1.29 is 9.59 Å². The largest absolute Gasteiger partial charge is 0.333 e. The first-order valence-electron chi connectivity index (χ1n) is 5.61. The molecule has 0 spiro atoms. The number of allylic oxidation sites excluding steroid dienone is 1. The quantitative estimate of drug-likeness (QED) is 0.656. The molecule has 2 aliphatic heterocycles. The van der Waals surface area contributed by atoms with Crippen LogP contribution in [0, 0.1) is 0 Å². The van der Waals surface area contributed by atoms with Crippen LogP contribution in [0.2, 0.25) is 0 Å². The Balaban J connectivity index is 2.33. The van der Waals surface area contributed by atoms with Gasteiger partial charge in [-0.25, -0.2) is 0 Å². The number of fused-ring (bicyclic) bond motifs is 2. The first-order chi connectivity index (χ1) is 7.11. The summed E-state index contributed by atoms with van der Waals surface area (Å²) in [6, 6.07) is 0.424. The van der Waals surface area contributed by atoms with E-state index in [1.54, 1.807) is 13.8 Å². The Hall–Kier alpha value is -1.12. The van der Waals surface area contributed by atoms with Crippen LogP contribution in [0.5, 0.6) is 0 Å². The van der Waals surface area contributed by atoms with E-state index < -0.39 is 0 Å². The number of Topliss-reactive ketones (excluding diaryl/α,β-unsaturated/α-hetero) is 1. The highest BCUT2D eigenvalue weighted by atomic mass is 16.2. The van der Waals surface area contributed by atoms with Gasteiger partial charge in [0, 0.05) is 18.5 Å². The van der Waals surface area contributed by atoms with Crippen LogP contribution in [0.3, 0.4) is 0 Å². The molecule has 15 heavy (non-hydrogen) atoms. The summed E-state index contributed by atoms with van der Waals surface area (Å²) in [6.45, 7) is 3.21. The molecule has 2 atom stereocenters. The summed E-state index contributed by atoms with van der Waals surface area (Å²) < 4.78 is 0. The van der Waals surface area contributed by atoms with E-state index in [1.807, 2.05) is 11.0 Å². The fourth-order valence-electron chi connectivity index (χ4n) is 2.89. The maximum atomic E-state index is 11.6. The third kappa shape index (κ3) is 1.71. The summed E-state index contributed by atoms with van der Waals surface area (Å²) in [6.07, 6.45) is 5.97. The van der Waals surface area contributed by atoms with Crippen LogP contribution in [0.15, 0.2) is 11.6 Å². The second-order valence-electron chi connectivity index (χ2n) is 4.47. The SMILES string of the molecule is CC(=O)C1=CCCC2CCC1N2C(C)=O. The molecule has 2 rings (SSSR count). The van der Waals surface area contributed by atoms with E-state index in [9.17, 15) is 9.59 Å². The predicted molar refractivity (Wildman–Crippen MR) is 57.3 cm³/mol. The van der Waals surface area contributed by atoms with E-state index in [4.69, 9.17) is 0 Å². The zero-order valence-electron chi connectivity index (χ0n) is 9.32. The van der Waals surface area contributed by atoms with E-state index in [2.05, 4.69) is 0 Å². The van der Waals surface area contributed by atoms with Gasteiger partial charge in [0.1, 0.15) is 0 Å². The van der Waals surface area contributed by atoms with Crippen LogP contribution in [0.25, 0.3) is 0 Å². The maximum absolute atomic E-state index is 11.6. The molecule has 2 bridgehead atoms. The van der Waals surface area contributed by atoms with Gasteiger partial charge >= 0.3 is 0 Å². The van der Waals surface area contributed by atoms with E-state index in [-0.39, 0.29) is 17.7 Å². The van der Waals surface area contributed by atoms with Crippen molar-refractivity contribution in [2.75, 3.05) is 0 Å². The monoisotopic (exact) mass is 207 g/mol. The number of hydrogen-bond donors (Lipinski definition) is 0. The highest BCUT2D eigenvalue weighted by Crippen LogP contribution is 2.34. The van der Waals surface area contributed by atoms with Gasteiger partial charge in [-0.1, -0.05) is 6.08 Å². The third-order valence-corrected chi connectivity index (χ3v) is 3.50. The first kappa shape index (κ1) is 10.4. The number of ketones is 1. The predicted octanol–water partition coefficient (Wildman–Crippen LogP) is 1.68. The minimum absolute atomic E-state index is 0.0625. The number of hydrogen-bond acceptors (Lipinski definition) is 2. The molecule has 1 amide bonds. The summed E-state index contributed by atoms with van der Waals surface area (Å²) in [5, 5.41) is 0. The Morgan fingerprint density at radius 3 is 2.60 bits per heavy atom. The van der Waals surface area contributed by atoms with Crippen molar-refractivity contribution >= 4 is 11.7 Å². The molecule has 2 unspecified atom stereocenters. The van der Waals surface area contributed by atoms with Crippen LogP contribution in [0.1, 0.15) is 39.5 Å².